The number of methoxy groups -OCH3 is 1. The van der Waals surface area contributed by atoms with Gasteiger partial charge in [-0.05, 0) is 30.0 Å². The average Bonchev–Trinajstić information content (AvgIpc) is 2.29. The molecule has 1 aromatic rings. The van der Waals surface area contributed by atoms with Gasteiger partial charge < -0.3 is 9.53 Å². The Morgan fingerprint density at radius 1 is 1.53 bits per heavy atom. The predicted octanol–water partition coefficient (Wildman–Crippen LogP) is 2.52. The zero-order chi connectivity index (χ0) is 10.9. The molecule has 80 valence electrons. The van der Waals surface area contributed by atoms with Crippen LogP contribution in [0.25, 0.3) is 0 Å². The van der Waals surface area contributed by atoms with Crippen molar-refractivity contribution in [2.24, 2.45) is 0 Å². The molecule has 1 aliphatic rings. The van der Waals surface area contributed by atoms with E-state index in [0.29, 0.717) is 6.42 Å². The molecule has 3 heteroatoms. The number of aldehydes is 1. The van der Waals surface area contributed by atoms with Crippen LogP contribution in [0.3, 0.4) is 0 Å². The second-order valence-electron chi connectivity index (χ2n) is 3.94. The molecule has 15 heavy (non-hydrogen) atoms. The van der Waals surface area contributed by atoms with Crippen LogP contribution in [-0.4, -0.2) is 19.0 Å². The van der Waals surface area contributed by atoms with Crippen molar-refractivity contribution in [3.05, 3.63) is 33.8 Å². The lowest BCUT2D eigenvalue weighted by atomic mass is 9.81. The Bertz CT molecular complexity index is 389. The van der Waals surface area contributed by atoms with Crippen LogP contribution in [0.5, 0.6) is 0 Å². The minimum Gasteiger partial charge on any atom is -0.370 e. The molecule has 1 unspecified atom stereocenters. The summed E-state index contributed by atoms with van der Waals surface area (Å²) in [5.74, 6) is 0. The zero-order valence-corrected chi connectivity index (χ0v) is 10.2. The van der Waals surface area contributed by atoms with Gasteiger partial charge in [0.25, 0.3) is 0 Å². The molecule has 2 rings (SSSR count). The van der Waals surface area contributed by atoms with Crippen molar-refractivity contribution in [3.8, 4) is 0 Å². The van der Waals surface area contributed by atoms with E-state index in [1.807, 2.05) is 12.1 Å². The molecule has 1 aromatic carbocycles. The molecule has 0 amide bonds. The highest BCUT2D eigenvalue weighted by Gasteiger charge is 2.34. The monoisotopic (exact) mass is 268 g/mol. The van der Waals surface area contributed by atoms with Crippen LogP contribution in [0.15, 0.2) is 22.7 Å². The Labute approximate surface area is 97.8 Å². The van der Waals surface area contributed by atoms with Crippen LogP contribution in [-0.2, 0) is 22.4 Å². The lowest BCUT2D eigenvalue weighted by Gasteiger charge is -2.32. The van der Waals surface area contributed by atoms with E-state index in [4.69, 9.17) is 4.74 Å². The third kappa shape index (κ3) is 1.86. The molecule has 0 bridgehead atoms. The predicted molar refractivity (Wildman–Crippen MR) is 62.0 cm³/mol. The standard InChI is InChI=1S/C12H13BrO2/c1-15-12(8-14)6-5-10-9(7-12)3-2-4-11(10)13/h2-4,8H,5-7H2,1H3. The Balaban J connectivity index is 2.38. The molecular weight excluding hydrogens is 256 g/mol. The van der Waals surface area contributed by atoms with Crippen molar-refractivity contribution in [3.63, 3.8) is 0 Å². The molecule has 0 heterocycles. The van der Waals surface area contributed by atoms with Crippen molar-refractivity contribution in [1.29, 1.82) is 0 Å². The maximum Gasteiger partial charge on any atom is 0.152 e. The summed E-state index contributed by atoms with van der Waals surface area (Å²) in [4.78, 5) is 11.1. The summed E-state index contributed by atoms with van der Waals surface area (Å²) in [6.45, 7) is 0. The lowest BCUT2D eigenvalue weighted by molar-refractivity contribution is -0.128. The molecule has 1 atom stereocenters. The molecule has 1 aliphatic carbocycles. The van der Waals surface area contributed by atoms with Crippen LogP contribution in [0.2, 0.25) is 0 Å². The van der Waals surface area contributed by atoms with Crippen LogP contribution >= 0.6 is 15.9 Å². The first-order valence-electron chi connectivity index (χ1n) is 4.98. The highest BCUT2D eigenvalue weighted by atomic mass is 79.9. The van der Waals surface area contributed by atoms with Crippen LogP contribution in [0.4, 0.5) is 0 Å². The van der Waals surface area contributed by atoms with E-state index >= 15 is 0 Å². The van der Waals surface area contributed by atoms with E-state index in [9.17, 15) is 4.79 Å². The third-order valence-corrected chi connectivity index (χ3v) is 3.87. The fourth-order valence-electron chi connectivity index (χ4n) is 2.12. The summed E-state index contributed by atoms with van der Waals surface area (Å²) in [5.41, 5.74) is 1.92. The van der Waals surface area contributed by atoms with Gasteiger partial charge in [-0.25, -0.2) is 0 Å². The van der Waals surface area contributed by atoms with E-state index < -0.39 is 5.60 Å². The highest BCUT2D eigenvalue weighted by molar-refractivity contribution is 9.10. The number of hydrogen-bond acceptors (Lipinski definition) is 2. The van der Waals surface area contributed by atoms with Gasteiger partial charge in [0.15, 0.2) is 6.29 Å². The number of halogens is 1. The van der Waals surface area contributed by atoms with E-state index in [1.54, 1.807) is 7.11 Å². The highest BCUT2D eigenvalue weighted by Crippen LogP contribution is 2.33. The van der Waals surface area contributed by atoms with Crippen LogP contribution in [0.1, 0.15) is 17.5 Å². The minimum absolute atomic E-state index is 0.603. The van der Waals surface area contributed by atoms with E-state index in [2.05, 4.69) is 22.0 Å². The third-order valence-electron chi connectivity index (χ3n) is 3.13. The smallest absolute Gasteiger partial charge is 0.152 e. The summed E-state index contributed by atoms with van der Waals surface area (Å²) in [6, 6.07) is 6.11. The molecule has 0 spiro atoms. The van der Waals surface area contributed by atoms with E-state index in [-0.39, 0.29) is 0 Å². The molecule has 0 N–H and O–H groups in total. The average molecular weight is 269 g/mol. The maximum atomic E-state index is 11.1. The Kier molecular flexibility index (Phi) is 2.94. The first-order valence-corrected chi connectivity index (χ1v) is 5.78. The van der Waals surface area contributed by atoms with E-state index in [0.717, 1.165) is 23.6 Å². The Morgan fingerprint density at radius 3 is 3.00 bits per heavy atom. The number of benzene rings is 1. The van der Waals surface area contributed by atoms with Gasteiger partial charge in [-0.1, -0.05) is 28.1 Å². The second kappa shape index (κ2) is 4.06. The fourth-order valence-corrected chi connectivity index (χ4v) is 2.72. The van der Waals surface area contributed by atoms with Gasteiger partial charge in [0.05, 0.1) is 0 Å². The minimum atomic E-state index is -0.603. The van der Waals surface area contributed by atoms with Gasteiger partial charge in [0, 0.05) is 18.0 Å². The van der Waals surface area contributed by atoms with Gasteiger partial charge in [-0.2, -0.15) is 0 Å². The largest absolute Gasteiger partial charge is 0.370 e. The van der Waals surface area contributed by atoms with Crippen molar-refractivity contribution in [2.45, 2.75) is 24.9 Å². The Hall–Kier alpha value is -0.670. The normalized spacial score (nSPS) is 24.7. The molecular formula is C12H13BrO2. The molecule has 2 nitrogen and oxygen atoms in total. The number of carbonyl (C=O) groups excluding carboxylic acids is 1. The van der Waals surface area contributed by atoms with Gasteiger partial charge in [0.1, 0.15) is 5.60 Å². The van der Waals surface area contributed by atoms with Gasteiger partial charge in [0.2, 0.25) is 0 Å². The first kappa shape index (κ1) is 10.8. The molecule has 0 radical (unpaired) electrons. The van der Waals surface area contributed by atoms with Crippen molar-refractivity contribution in [2.75, 3.05) is 7.11 Å². The maximum absolute atomic E-state index is 11.1. The SMILES string of the molecule is COC1(C=O)CCc2c(Br)cccc2C1. The summed E-state index contributed by atoms with van der Waals surface area (Å²) in [7, 11) is 1.61. The summed E-state index contributed by atoms with van der Waals surface area (Å²) < 4.78 is 6.48. The fraction of sp³-hybridized carbons (Fsp3) is 0.417. The molecule has 0 aromatic heterocycles. The summed E-state index contributed by atoms with van der Waals surface area (Å²) in [5, 5.41) is 0. The number of hydrogen-bond donors (Lipinski definition) is 0. The molecule has 0 aliphatic heterocycles. The Morgan fingerprint density at radius 2 is 2.33 bits per heavy atom. The van der Waals surface area contributed by atoms with Gasteiger partial charge >= 0.3 is 0 Å². The number of fused-ring (bicyclic) bond motifs is 1. The quantitative estimate of drug-likeness (QED) is 0.771. The number of ether oxygens (including phenoxy) is 1. The van der Waals surface area contributed by atoms with Crippen LogP contribution in [0, 0.1) is 0 Å². The van der Waals surface area contributed by atoms with Crippen molar-refractivity contribution < 1.29 is 9.53 Å². The first-order chi connectivity index (χ1) is 7.21. The van der Waals surface area contributed by atoms with Crippen molar-refractivity contribution in [1.82, 2.24) is 0 Å². The lowest BCUT2D eigenvalue weighted by Crippen LogP contribution is -2.39. The van der Waals surface area contributed by atoms with Gasteiger partial charge in [-0.3, -0.25) is 0 Å². The topological polar surface area (TPSA) is 26.3 Å². The molecule has 0 saturated carbocycles. The second-order valence-corrected chi connectivity index (χ2v) is 4.80. The molecule has 0 saturated heterocycles. The summed E-state index contributed by atoms with van der Waals surface area (Å²) in [6.07, 6.45) is 3.28. The molecule has 0 fully saturated rings. The van der Waals surface area contributed by atoms with Crippen molar-refractivity contribution >= 4 is 22.2 Å². The zero-order valence-electron chi connectivity index (χ0n) is 8.63. The van der Waals surface area contributed by atoms with Crippen LogP contribution < -0.4 is 0 Å². The van der Waals surface area contributed by atoms with E-state index in [1.165, 1.54) is 11.1 Å². The number of rotatable bonds is 2. The number of carbonyl (C=O) groups is 1. The summed E-state index contributed by atoms with van der Waals surface area (Å²) >= 11 is 3.53. The van der Waals surface area contributed by atoms with Gasteiger partial charge in [-0.15, -0.1) is 0 Å².